The Morgan fingerprint density at radius 3 is 2.18 bits per heavy atom. The third-order valence-corrected chi connectivity index (χ3v) is 6.72. The quantitative estimate of drug-likeness (QED) is 0.128. The molecule has 0 saturated carbocycles. The molecule has 3 rings (SSSR count). The van der Waals surface area contributed by atoms with Crippen LogP contribution in [0.4, 0.5) is 0 Å². The summed E-state index contributed by atoms with van der Waals surface area (Å²) < 4.78 is 11.3. The molecule has 0 bridgehead atoms. The number of carbonyl (C=O) groups excluding carboxylic acids is 1. The van der Waals surface area contributed by atoms with E-state index in [9.17, 15) is 9.90 Å². The Labute approximate surface area is 228 Å². The van der Waals surface area contributed by atoms with E-state index in [4.69, 9.17) is 9.47 Å². The van der Waals surface area contributed by atoms with Crippen molar-refractivity contribution in [2.45, 2.75) is 65.7 Å². The first-order valence-corrected chi connectivity index (χ1v) is 13.9. The number of aliphatic hydroxyl groups excluding tert-OH is 1. The minimum Gasteiger partial charge on any atom is -0.489 e. The Balaban J connectivity index is 1.84. The minimum atomic E-state index is -0.414. The highest BCUT2D eigenvalue weighted by atomic mass is 16.6. The zero-order chi connectivity index (χ0) is 27.3. The Hall–Kier alpha value is -3.37. The molecule has 0 radical (unpaired) electrons. The minimum absolute atomic E-state index is 0.149. The lowest BCUT2D eigenvalue weighted by atomic mass is 9.92. The lowest BCUT2D eigenvalue weighted by molar-refractivity contribution is -0.139. The van der Waals surface area contributed by atoms with Crippen molar-refractivity contribution in [2.24, 2.45) is 0 Å². The molecule has 0 aliphatic heterocycles. The number of esters is 1. The predicted molar refractivity (Wildman–Crippen MR) is 157 cm³/mol. The van der Waals surface area contributed by atoms with E-state index < -0.39 is 5.97 Å². The van der Waals surface area contributed by atoms with Crippen LogP contribution in [0.2, 0.25) is 0 Å². The number of aryl methyl sites for hydroxylation is 3. The fourth-order valence-corrected chi connectivity index (χ4v) is 4.54. The van der Waals surface area contributed by atoms with Gasteiger partial charge in [-0.2, -0.15) is 0 Å². The summed E-state index contributed by atoms with van der Waals surface area (Å²) in [5, 5.41) is 9.25. The van der Waals surface area contributed by atoms with Crippen molar-refractivity contribution in [1.29, 1.82) is 0 Å². The normalized spacial score (nSPS) is 10.8. The molecular formula is C34H42O4. The molecule has 1 N–H and O–H groups in total. The Morgan fingerprint density at radius 2 is 1.50 bits per heavy atom. The average molecular weight is 515 g/mol. The van der Waals surface area contributed by atoms with Gasteiger partial charge in [0.05, 0.1) is 0 Å². The highest BCUT2D eigenvalue weighted by molar-refractivity contribution is 5.86. The van der Waals surface area contributed by atoms with Gasteiger partial charge >= 0.3 is 5.97 Å². The fourth-order valence-electron chi connectivity index (χ4n) is 4.54. The molecule has 0 amide bonds. The maximum atomic E-state index is 11.7. The van der Waals surface area contributed by atoms with Crippen LogP contribution in [0.1, 0.15) is 63.1 Å². The molecule has 0 aliphatic rings. The summed E-state index contributed by atoms with van der Waals surface area (Å²) in [6.45, 7) is 10.2. The number of carbonyl (C=O) groups is 1. The first-order chi connectivity index (χ1) is 18.5. The summed E-state index contributed by atoms with van der Waals surface area (Å²) in [5.41, 5.74) is 8.73. The second-order valence-corrected chi connectivity index (χ2v) is 9.80. The van der Waals surface area contributed by atoms with Crippen LogP contribution in [-0.2, 0) is 28.8 Å². The van der Waals surface area contributed by atoms with Crippen LogP contribution >= 0.6 is 0 Å². The van der Waals surface area contributed by atoms with Crippen molar-refractivity contribution < 1.29 is 19.4 Å². The van der Waals surface area contributed by atoms with Gasteiger partial charge in [-0.3, -0.25) is 0 Å². The van der Waals surface area contributed by atoms with Gasteiger partial charge in [0.1, 0.15) is 19.0 Å². The average Bonchev–Trinajstić information content (AvgIpc) is 2.94. The lowest BCUT2D eigenvalue weighted by Crippen LogP contribution is -2.12. The van der Waals surface area contributed by atoms with Gasteiger partial charge in [0.2, 0.25) is 0 Å². The summed E-state index contributed by atoms with van der Waals surface area (Å²) >= 11 is 0. The van der Waals surface area contributed by atoms with Gasteiger partial charge in [-0.15, -0.1) is 0 Å². The van der Waals surface area contributed by atoms with E-state index in [2.05, 4.69) is 75.0 Å². The van der Waals surface area contributed by atoms with Gasteiger partial charge in [0.25, 0.3) is 0 Å². The van der Waals surface area contributed by atoms with Crippen LogP contribution in [0.3, 0.4) is 0 Å². The van der Waals surface area contributed by atoms with E-state index in [0.29, 0.717) is 12.0 Å². The van der Waals surface area contributed by atoms with E-state index >= 15 is 0 Å². The van der Waals surface area contributed by atoms with Crippen molar-refractivity contribution >= 4 is 5.97 Å². The largest absolute Gasteiger partial charge is 0.489 e. The molecule has 0 spiro atoms. The summed E-state index contributed by atoms with van der Waals surface area (Å²) in [7, 11) is 0. The number of hydrogen-bond donors (Lipinski definition) is 1. The lowest BCUT2D eigenvalue weighted by Gasteiger charge is -2.16. The standard InChI is InChI=1S/C34H42O4/c1-5-7-8-10-26-12-15-29(16-13-26)31-19-17-30(24-28(31)6-2)32-18-14-27(11-9-20-35)23-33(32)37-21-22-38-34(36)25(3)4/h12-19,23-24,35H,3,5-11,20-22H2,1-2,4H3. The van der Waals surface area contributed by atoms with Gasteiger partial charge in [-0.1, -0.05) is 87.9 Å². The summed E-state index contributed by atoms with van der Waals surface area (Å²) in [6, 6.07) is 21.8. The smallest absolute Gasteiger partial charge is 0.333 e. The SMILES string of the molecule is C=C(C)C(=O)OCCOc1cc(CCCO)ccc1-c1ccc(-c2ccc(CCCCC)cc2)c(CC)c1. The second kappa shape index (κ2) is 15.1. The molecule has 3 aromatic carbocycles. The zero-order valence-corrected chi connectivity index (χ0v) is 23.2. The Bertz CT molecular complexity index is 1190. The van der Waals surface area contributed by atoms with E-state index in [1.165, 1.54) is 41.5 Å². The van der Waals surface area contributed by atoms with Gasteiger partial charge in [0.15, 0.2) is 0 Å². The number of aliphatic hydroxyl groups is 1. The Kier molecular flexibility index (Phi) is 11.6. The molecule has 0 fully saturated rings. The van der Waals surface area contributed by atoms with Gasteiger partial charge in [-0.25, -0.2) is 4.79 Å². The van der Waals surface area contributed by atoms with Gasteiger partial charge in [-0.05, 0) is 78.5 Å². The van der Waals surface area contributed by atoms with Gasteiger partial charge in [0, 0.05) is 17.7 Å². The van der Waals surface area contributed by atoms with Crippen molar-refractivity contribution in [2.75, 3.05) is 19.8 Å². The van der Waals surface area contributed by atoms with E-state index in [-0.39, 0.29) is 19.8 Å². The van der Waals surface area contributed by atoms with Crippen LogP contribution in [0.15, 0.2) is 72.8 Å². The number of hydrogen-bond acceptors (Lipinski definition) is 4. The number of unbranched alkanes of at least 4 members (excludes halogenated alkanes) is 2. The molecule has 0 saturated heterocycles. The number of rotatable bonds is 15. The third-order valence-electron chi connectivity index (χ3n) is 6.72. The first kappa shape index (κ1) is 29.2. The van der Waals surface area contributed by atoms with Gasteiger partial charge < -0.3 is 14.6 Å². The van der Waals surface area contributed by atoms with E-state index in [1.54, 1.807) is 6.92 Å². The van der Waals surface area contributed by atoms with Crippen LogP contribution in [0.25, 0.3) is 22.3 Å². The second-order valence-electron chi connectivity index (χ2n) is 9.80. The summed E-state index contributed by atoms with van der Waals surface area (Å²) in [6.07, 6.45) is 7.28. The molecule has 202 valence electrons. The van der Waals surface area contributed by atoms with Crippen molar-refractivity contribution in [3.8, 4) is 28.0 Å². The topological polar surface area (TPSA) is 55.8 Å². The molecule has 0 unspecified atom stereocenters. The maximum absolute atomic E-state index is 11.7. The molecule has 0 aliphatic carbocycles. The highest BCUT2D eigenvalue weighted by Gasteiger charge is 2.13. The van der Waals surface area contributed by atoms with Crippen molar-refractivity contribution in [1.82, 2.24) is 0 Å². The molecule has 0 heterocycles. The monoisotopic (exact) mass is 514 g/mol. The summed E-state index contributed by atoms with van der Waals surface area (Å²) in [5.74, 6) is 0.334. The van der Waals surface area contributed by atoms with Crippen LogP contribution in [0, 0.1) is 0 Å². The van der Waals surface area contributed by atoms with E-state index in [1.807, 2.05) is 6.07 Å². The van der Waals surface area contributed by atoms with Crippen LogP contribution in [-0.4, -0.2) is 30.9 Å². The zero-order valence-electron chi connectivity index (χ0n) is 23.2. The van der Waals surface area contributed by atoms with Crippen LogP contribution in [0.5, 0.6) is 5.75 Å². The predicted octanol–water partition coefficient (Wildman–Crippen LogP) is 7.74. The molecule has 4 nitrogen and oxygen atoms in total. The molecule has 0 aromatic heterocycles. The third kappa shape index (κ3) is 8.32. The van der Waals surface area contributed by atoms with Crippen molar-refractivity contribution in [3.05, 3.63) is 89.5 Å². The van der Waals surface area contributed by atoms with Crippen molar-refractivity contribution in [3.63, 3.8) is 0 Å². The molecule has 0 atom stereocenters. The highest BCUT2D eigenvalue weighted by Crippen LogP contribution is 2.35. The number of benzene rings is 3. The van der Waals surface area contributed by atoms with E-state index in [0.717, 1.165) is 41.7 Å². The summed E-state index contributed by atoms with van der Waals surface area (Å²) in [4.78, 5) is 11.7. The molecule has 4 heteroatoms. The fraction of sp³-hybridized carbons (Fsp3) is 0.382. The Morgan fingerprint density at radius 1 is 0.816 bits per heavy atom. The van der Waals surface area contributed by atoms with Crippen LogP contribution < -0.4 is 4.74 Å². The first-order valence-electron chi connectivity index (χ1n) is 13.9. The molecule has 38 heavy (non-hydrogen) atoms. The maximum Gasteiger partial charge on any atom is 0.333 e. The molecular weight excluding hydrogens is 472 g/mol. The molecule has 3 aromatic rings. The number of ether oxygens (including phenoxy) is 2.